The maximum Gasteiger partial charge on any atom is 0.410 e. The monoisotopic (exact) mass is 852 g/mol. The molecular formula is C41H52N6O14. The van der Waals surface area contributed by atoms with E-state index in [9.17, 15) is 43.2 Å². The molecule has 5 rings (SSSR count). The first kappa shape index (κ1) is 46.1. The molecule has 0 bridgehead atoms. The first-order valence-electron chi connectivity index (χ1n) is 19.7. The van der Waals surface area contributed by atoms with Crippen molar-refractivity contribution in [2.45, 2.75) is 83.5 Å². The maximum atomic E-state index is 13.5. The van der Waals surface area contributed by atoms with Crippen molar-refractivity contribution in [2.24, 2.45) is 23.3 Å². The molecule has 0 spiro atoms. The molecule has 0 radical (unpaired) electrons. The van der Waals surface area contributed by atoms with Crippen LogP contribution in [0.5, 0.6) is 0 Å². The van der Waals surface area contributed by atoms with E-state index in [1.165, 1.54) is 33.0 Å². The second-order valence-electron chi connectivity index (χ2n) is 15.5. The number of hydrogen-bond acceptors (Lipinski definition) is 15. The Morgan fingerprint density at radius 3 is 2.15 bits per heavy atom. The van der Waals surface area contributed by atoms with Crippen molar-refractivity contribution < 1.29 is 66.8 Å². The van der Waals surface area contributed by atoms with Crippen LogP contribution in [0.1, 0.15) is 51.7 Å². The molecule has 3 heterocycles. The minimum absolute atomic E-state index is 0.118. The number of carbonyl (C=O) groups excluding carboxylic acids is 9. The van der Waals surface area contributed by atoms with Gasteiger partial charge in [0.15, 0.2) is 23.1 Å². The molecule has 2 saturated heterocycles. The molecule has 1 aliphatic carbocycles. The van der Waals surface area contributed by atoms with Crippen molar-refractivity contribution in [3.05, 3.63) is 57.8 Å². The van der Waals surface area contributed by atoms with Crippen LogP contribution in [0.4, 0.5) is 9.59 Å². The van der Waals surface area contributed by atoms with Crippen molar-refractivity contribution in [3.63, 3.8) is 0 Å². The number of benzene rings is 1. The average molecular weight is 853 g/mol. The molecule has 61 heavy (non-hydrogen) atoms. The summed E-state index contributed by atoms with van der Waals surface area (Å²) in [7, 11) is 2.89. The topological polar surface area (TPSA) is 282 Å². The number of Topliss-reactive ketones (excluding diaryl/α,β-unsaturated/α-hetero) is 4. The summed E-state index contributed by atoms with van der Waals surface area (Å²) in [6, 6.07) is 3.00. The van der Waals surface area contributed by atoms with Gasteiger partial charge < -0.3 is 50.7 Å². The van der Waals surface area contributed by atoms with E-state index in [1.54, 1.807) is 43.0 Å². The van der Waals surface area contributed by atoms with Gasteiger partial charge in [-0.3, -0.25) is 38.5 Å². The number of fused-ring (bicyclic) bond motifs is 4. The van der Waals surface area contributed by atoms with Crippen molar-refractivity contribution >= 4 is 53.0 Å². The highest BCUT2D eigenvalue weighted by molar-refractivity contribution is 6.25. The van der Waals surface area contributed by atoms with Crippen LogP contribution in [0.2, 0.25) is 0 Å². The summed E-state index contributed by atoms with van der Waals surface area (Å²) in [4.78, 5) is 118. The molecule has 20 nitrogen and oxygen atoms in total. The second kappa shape index (κ2) is 19.2. The zero-order valence-corrected chi connectivity index (χ0v) is 34.9. The third kappa shape index (κ3) is 9.66. The highest BCUT2D eigenvalue weighted by Crippen LogP contribution is 2.60. The van der Waals surface area contributed by atoms with Crippen LogP contribution >= 0.6 is 0 Å². The van der Waals surface area contributed by atoms with Gasteiger partial charge in [-0.1, -0.05) is 31.2 Å². The molecule has 0 unspecified atom stereocenters. The Bertz CT molecular complexity index is 2050. The van der Waals surface area contributed by atoms with Gasteiger partial charge in [-0.25, -0.2) is 9.59 Å². The molecule has 6 N–H and O–H groups in total. The van der Waals surface area contributed by atoms with Gasteiger partial charge in [0.05, 0.1) is 43.3 Å². The summed E-state index contributed by atoms with van der Waals surface area (Å²) < 4.78 is 26.9. The molecule has 20 heteroatoms. The fourth-order valence-corrected chi connectivity index (χ4v) is 8.11. The summed E-state index contributed by atoms with van der Waals surface area (Å²) in [5.41, 5.74) is 11.2. The number of nitrogens with one attached hydrogen (secondary N) is 2. The van der Waals surface area contributed by atoms with Crippen molar-refractivity contribution in [2.75, 3.05) is 47.2 Å². The van der Waals surface area contributed by atoms with E-state index in [0.717, 1.165) is 0 Å². The molecule has 0 aromatic heterocycles. The predicted molar refractivity (Wildman–Crippen MR) is 210 cm³/mol. The Morgan fingerprint density at radius 1 is 0.869 bits per heavy atom. The van der Waals surface area contributed by atoms with Crippen LogP contribution in [0.15, 0.2) is 46.7 Å². The number of ether oxygens (including phenoxy) is 5. The lowest BCUT2D eigenvalue weighted by atomic mass is 9.81. The Labute approximate surface area is 351 Å². The molecule has 330 valence electrons. The molecular weight excluding hydrogens is 800 g/mol. The summed E-state index contributed by atoms with van der Waals surface area (Å²) in [5.74, 6) is -5.41. The first-order valence-corrected chi connectivity index (χ1v) is 19.7. The first-order chi connectivity index (χ1) is 28.9. The SMILES string of the molecule is COCCOCC(=O)C[C@H](C)C(=O)N[C@H](C)C(=O)N[C@H](CC(N)=O)C(=O)Cc1ccc(COC(=O)N2[C@@H]3CN4C5=C(C(=O)C(C)=C(C)C5=O)[C@H](COC(N)=O)[C@]4(OC)[C@@H]32)cc1. The van der Waals surface area contributed by atoms with Gasteiger partial charge in [0.2, 0.25) is 23.5 Å². The van der Waals surface area contributed by atoms with E-state index in [2.05, 4.69) is 10.6 Å². The van der Waals surface area contributed by atoms with E-state index in [-0.39, 0.29) is 80.0 Å². The Morgan fingerprint density at radius 2 is 1.52 bits per heavy atom. The molecule has 1 aromatic carbocycles. The Hall–Kier alpha value is -5.99. The quantitative estimate of drug-likeness (QED) is 0.0704. The number of hydrogen-bond donors (Lipinski definition) is 4. The number of nitrogens with two attached hydrogens (primary N) is 2. The number of ketones is 4. The maximum absolute atomic E-state index is 13.5. The Balaban J connectivity index is 1.15. The predicted octanol–water partition coefficient (Wildman–Crippen LogP) is -0.263. The van der Waals surface area contributed by atoms with Gasteiger partial charge in [0, 0.05) is 56.2 Å². The standard InChI is InChI=1S/C41H52N6O14/c1-20(13-26(48)18-59-12-11-57-5)37(53)44-23(4)38(54)45-28(15-31(42)50)30(49)14-24-7-9-25(10-8-24)17-61-40(56)47-29-16-46-33-32(34(51)21(2)22(3)35(33)52)27(19-60-39(43)55)41(46,58-6)36(29)47/h7-10,20,23,27-29,36H,11-19H2,1-6H3,(H2,42,50)(H2,43,55)(H,44,53)(H,45,54)/t20-,23+,27-,28+,29+,36+,41-,47?/m0/s1. The molecule has 7 atom stereocenters. The summed E-state index contributed by atoms with van der Waals surface area (Å²) in [5, 5.41) is 5.00. The highest BCUT2D eigenvalue weighted by Gasteiger charge is 2.78. The number of primary amides is 2. The number of carbonyl (C=O) groups is 9. The minimum atomic E-state index is -1.41. The molecule has 3 aliphatic heterocycles. The zero-order valence-electron chi connectivity index (χ0n) is 34.9. The highest BCUT2D eigenvalue weighted by atomic mass is 16.6. The number of nitrogens with zero attached hydrogens (tertiary/aromatic N) is 2. The summed E-state index contributed by atoms with van der Waals surface area (Å²) in [6.07, 6.45) is -2.57. The number of allylic oxidation sites excluding steroid dienone is 2. The minimum Gasteiger partial charge on any atom is -0.449 e. The Kier molecular flexibility index (Phi) is 14.5. The lowest BCUT2D eigenvalue weighted by molar-refractivity contribution is -0.144. The van der Waals surface area contributed by atoms with Gasteiger partial charge in [0.1, 0.15) is 31.9 Å². The fourth-order valence-electron chi connectivity index (χ4n) is 8.11. The van der Waals surface area contributed by atoms with Gasteiger partial charge >= 0.3 is 12.2 Å². The molecule has 4 aliphatic rings. The van der Waals surface area contributed by atoms with Crippen LogP contribution in [0.25, 0.3) is 0 Å². The fraction of sp³-hybridized carbons (Fsp3) is 0.537. The number of rotatable bonds is 21. The van der Waals surface area contributed by atoms with Crippen molar-refractivity contribution in [1.29, 1.82) is 0 Å². The van der Waals surface area contributed by atoms with Crippen LogP contribution in [0.3, 0.4) is 0 Å². The van der Waals surface area contributed by atoms with E-state index in [1.807, 2.05) is 0 Å². The van der Waals surface area contributed by atoms with Gasteiger partial charge in [-0.05, 0) is 31.9 Å². The normalized spacial score (nSPS) is 22.8. The van der Waals surface area contributed by atoms with Crippen LogP contribution in [-0.4, -0.2) is 140 Å². The summed E-state index contributed by atoms with van der Waals surface area (Å²) >= 11 is 0. The van der Waals surface area contributed by atoms with Gasteiger partial charge in [-0.2, -0.15) is 0 Å². The van der Waals surface area contributed by atoms with Crippen molar-refractivity contribution in [3.8, 4) is 0 Å². The lowest BCUT2D eigenvalue weighted by Gasteiger charge is -2.40. The molecule has 1 aromatic rings. The number of methoxy groups -OCH3 is 2. The lowest BCUT2D eigenvalue weighted by Crippen LogP contribution is -2.56. The molecule has 0 saturated carbocycles. The van der Waals surface area contributed by atoms with E-state index < -0.39 is 83.8 Å². The van der Waals surface area contributed by atoms with Crippen LogP contribution in [-0.2, 0) is 70.3 Å². The smallest absolute Gasteiger partial charge is 0.410 e. The largest absolute Gasteiger partial charge is 0.449 e. The van der Waals surface area contributed by atoms with Crippen LogP contribution in [0, 0.1) is 11.8 Å². The zero-order chi connectivity index (χ0) is 44.9. The molecule has 5 amide bonds. The van der Waals surface area contributed by atoms with Gasteiger partial charge in [0.25, 0.3) is 0 Å². The number of amides is 5. The number of piperazine rings is 1. The van der Waals surface area contributed by atoms with Crippen LogP contribution < -0.4 is 22.1 Å². The summed E-state index contributed by atoms with van der Waals surface area (Å²) in [6.45, 7) is 6.02. The van der Waals surface area contributed by atoms with Crippen molar-refractivity contribution in [1.82, 2.24) is 20.4 Å². The van der Waals surface area contributed by atoms with E-state index in [0.29, 0.717) is 23.3 Å². The third-order valence-electron chi connectivity index (χ3n) is 11.5. The third-order valence-corrected chi connectivity index (χ3v) is 11.5. The van der Waals surface area contributed by atoms with Gasteiger partial charge in [-0.15, -0.1) is 0 Å². The molecule has 2 fully saturated rings. The average Bonchev–Trinajstić information content (AvgIpc) is 3.73. The van der Waals surface area contributed by atoms with E-state index in [4.69, 9.17) is 35.2 Å². The van der Waals surface area contributed by atoms with E-state index >= 15 is 0 Å². The second-order valence-corrected chi connectivity index (χ2v) is 15.5.